The predicted octanol–water partition coefficient (Wildman–Crippen LogP) is 1.79. The van der Waals surface area contributed by atoms with Gasteiger partial charge in [-0.15, -0.1) is 0 Å². The van der Waals surface area contributed by atoms with E-state index in [0.717, 1.165) is 0 Å². The molecule has 0 amide bonds. The van der Waals surface area contributed by atoms with Gasteiger partial charge in [-0.05, 0) is 12.1 Å². The lowest BCUT2D eigenvalue weighted by Gasteiger charge is -1.94. The summed E-state index contributed by atoms with van der Waals surface area (Å²) in [4.78, 5) is 0. The van der Waals surface area contributed by atoms with Gasteiger partial charge in [0.2, 0.25) is 0 Å². The molecule has 44 valence electrons. The van der Waals surface area contributed by atoms with Crippen molar-refractivity contribution in [2.75, 3.05) is 0 Å². The van der Waals surface area contributed by atoms with Gasteiger partial charge in [-0.2, -0.15) is 0 Å². The Morgan fingerprint density at radius 2 is 1.78 bits per heavy atom. The molecule has 9 heavy (non-hydrogen) atoms. The fourth-order valence-corrected chi connectivity index (χ4v) is 0.819. The Hall–Kier alpha value is -0.135. The highest BCUT2D eigenvalue weighted by Crippen LogP contribution is 2.18. The fraction of sp³-hybridized carbons (Fsp3) is 0. The molecule has 0 aliphatic heterocycles. The van der Waals surface area contributed by atoms with Crippen LogP contribution in [0.3, 0.4) is 0 Å². The zero-order valence-electron chi connectivity index (χ0n) is 4.57. The molecule has 0 aliphatic carbocycles. The second kappa shape index (κ2) is 2.63. The van der Waals surface area contributed by atoms with E-state index in [1.165, 1.54) is 0 Å². The van der Waals surface area contributed by atoms with Crippen LogP contribution >= 0.6 is 23.2 Å². The smallest absolute Gasteiger partial charge is 0.0951 e. The second-order valence-corrected chi connectivity index (χ2v) is 2.49. The van der Waals surface area contributed by atoms with E-state index in [9.17, 15) is 0 Å². The van der Waals surface area contributed by atoms with Crippen molar-refractivity contribution in [2.24, 2.45) is 0 Å². The van der Waals surface area contributed by atoms with Crippen LogP contribution < -0.4 is 5.46 Å². The van der Waals surface area contributed by atoms with Crippen LogP contribution in [0, 0.1) is 0 Å². The summed E-state index contributed by atoms with van der Waals surface area (Å²) in [6.45, 7) is 0. The highest BCUT2D eigenvalue weighted by atomic mass is 35.5. The van der Waals surface area contributed by atoms with E-state index in [4.69, 9.17) is 31.0 Å². The fourth-order valence-electron chi connectivity index (χ4n) is 0.512. The number of hydrogen-bond acceptors (Lipinski definition) is 0. The molecule has 0 unspecified atom stereocenters. The first-order chi connectivity index (χ1) is 4.20. The number of benzene rings is 1. The van der Waals surface area contributed by atoms with Crippen molar-refractivity contribution in [1.29, 1.82) is 0 Å². The Balaban J connectivity index is 3.17. The molecule has 0 spiro atoms. The van der Waals surface area contributed by atoms with Gasteiger partial charge in [-0.3, -0.25) is 0 Å². The molecule has 2 radical (unpaired) electrons. The molecule has 0 bridgehead atoms. The molecule has 0 saturated carbocycles. The average molecular weight is 157 g/mol. The van der Waals surface area contributed by atoms with E-state index < -0.39 is 0 Å². The summed E-state index contributed by atoms with van der Waals surface area (Å²) in [6.07, 6.45) is 0. The molecule has 0 heterocycles. The summed E-state index contributed by atoms with van der Waals surface area (Å²) in [5.74, 6) is 0. The van der Waals surface area contributed by atoms with Gasteiger partial charge in [-0.25, -0.2) is 0 Å². The monoisotopic (exact) mass is 156 g/mol. The molecule has 0 atom stereocenters. The molecular weight excluding hydrogens is 154 g/mol. The average Bonchev–Trinajstić information content (AvgIpc) is 1.80. The maximum absolute atomic E-state index is 5.60. The normalized spacial score (nSPS) is 9.56. The standard InChI is InChI=1S/C6H3BCl2/c7-4-1-2-5(8)6(9)3-4/h1-3H. The third kappa shape index (κ3) is 1.63. The minimum Gasteiger partial charge on any atom is -0.0951 e. The van der Waals surface area contributed by atoms with Gasteiger partial charge in [0, 0.05) is 0 Å². The van der Waals surface area contributed by atoms with Gasteiger partial charge in [0.1, 0.15) is 7.85 Å². The Labute approximate surface area is 65.2 Å². The highest BCUT2D eigenvalue weighted by molar-refractivity contribution is 6.43. The third-order valence-corrected chi connectivity index (χ3v) is 1.68. The molecule has 0 saturated heterocycles. The van der Waals surface area contributed by atoms with Crippen LogP contribution in [-0.2, 0) is 0 Å². The summed E-state index contributed by atoms with van der Waals surface area (Å²) >= 11 is 11.2. The minimum atomic E-state index is 0.497. The van der Waals surface area contributed by atoms with Gasteiger partial charge < -0.3 is 0 Å². The van der Waals surface area contributed by atoms with Crippen LogP contribution in [0.5, 0.6) is 0 Å². The van der Waals surface area contributed by atoms with E-state index in [1.54, 1.807) is 18.2 Å². The molecule has 0 nitrogen and oxygen atoms in total. The van der Waals surface area contributed by atoms with E-state index >= 15 is 0 Å². The topological polar surface area (TPSA) is 0 Å². The zero-order chi connectivity index (χ0) is 6.85. The Kier molecular flexibility index (Phi) is 2.04. The molecule has 0 fully saturated rings. The van der Waals surface area contributed by atoms with Crippen LogP contribution in [0.4, 0.5) is 0 Å². The SMILES string of the molecule is [B]c1ccc(Cl)c(Cl)c1. The molecule has 0 N–H and O–H groups in total. The third-order valence-electron chi connectivity index (χ3n) is 0.944. The Bertz CT molecular complexity index is 222. The summed E-state index contributed by atoms with van der Waals surface area (Å²) in [5, 5.41) is 1.03. The largest absolute Gasteiger partial charge is 0.113 e. The quantitative estimate of drug-likeness (QED) is 0.503. The summed E-state index contributed by atoms with van der Waals surface area (Å²) in [6, 6.07) is 4.98. The molecular formula is C6H3BCl2. The highest BCUT2D eigenvalue weighted by Gasteiger charge is 1.93. The minimum absolute atomic E-state index is 0.497. The summed E-state index contributed by atoms with van der Waals surface area (Å²) in [7, 11) is 5.38. The Morgan fingerprint density at radius 3 is 2.22 bits per heavy atom. The lowest BCUT2D eigenvalue weighted by molar-refractivity contribution is 1.76. The summed E-state index contributed by atoms with van der Waals surface area (Å²) in [5.41, 5.74) is 0.629. The van der Waals surface area contributed by atoms with Crippen LogP contribution in [0.2, 0.25) is 10.0 Å². The van der Waals surface area contributed by atoms with Crippen molar-refractivity contribution in [1.82, 2.24) is 0 Å². The van der Waals surface area contributed by atoms with Crippen molar-refractivity contribution in [3.05, 3.63) is 28.2 Å². The first-order valence-electron chi connectivity index (χ1n) is 2.40. The van der Waals surface area contributed by atoms with E-state index in [2.05, 4.69) is 0 Å². The second-order valence-electron chi connectivity index (χ2n) is 1.67. The van der Waals surface area contributed by atoms with E-state index in [1.807, 2.05) is 0 Å². The molecule has 0 aromatic heterocycles. The molecule has 1 rings (SSSR count). The maximum atomic E-state index is 5.60. The van der Waals surface area contributed by atoms with Gasteiger partial charge in [-0.1, -0.05) is 34.7 Å². The van der Waals surface area contributed by atoms with Crippen molar-refractivity contribution in [3.8, 4) is 0 Å². The molecule has 0 aliphatic rings. The van der Waals surface area contributed by atoms with Crippen molar-refractivity contribution in [3.63, 3.8) is 0 Å². The zero-order valence-corrected chi connectivity index (χ0v) is 6.08. The van der Waals surface area contributed by atoms with E-state index in [-0.39, 0.29) is 0 Å². The maximum Gasteiger partial charge on any atom is 0.113 e. The van der Waals surface area contributed by atoms with Crippen molar-refractivity contribution < 1.29 is 0 Å². The number of rotatable bonds is 0. The predicted molar refractivity (Wildman–Crippen MR) is 41.9 cm³/mol. The van der Waals surface area contributed by atoms with Crippen molar-refractivity contribution in [2.45, 2.75) is 0 Å². The van der Waals surface area contributed by atoms with Gasteiger partial charge >= 0.3 is 0 Å². The van der Waals surface area contributed by atoms with Crippen LogP contribution in [0.25, 0.3) is 0 Å². The van der Waals surface area contributed by atoms with Crippen LogP contribution in [-0.4, -0.2) is 7.85 Å². The van der Waals surface area contributed by atoms with Crippen molar-refractivity contribution >= 4 is 36.5 Å². The summed E-state index contributed by atoms with van der Waals surface area (Å²) < 4.78 is 0. The molecule has 1 aromatic rings. The van der Waals surface area contributed by atoms with Crippen LogP contribution in [0.15, 0.2) is 18.2 Å². The number of hydrogen-bond donors (Lipinski definition) is 0. The Morgan fingerprint density at radius 1 is 1.11 bits per heavy atom. The number of halogens is 2. The van der Waals surface area contributed by atoms with E-state index in [0.29, 0.717) is 15.5 Å². The van der Waals surface area contributed by atoms with Crippen LogP contribution in [0.1, 0.15) is 0 Å². The van der Waals surface area contributed by atoms with Gasteiger partial charge in [0.15, 0.2) is 0 Å². The molecule has 3 heteroatoms. The first kappa shape index (κ1) is 6.98. The lowest BCUT2D eigenvalue weighted by atomic mass is 9.97. The van der Waals surface area contributed by atoms with Gasteiger partial charge in [0.05, 0.1) is 10.0 Å². The first-order valence-corrected chi connectivity index (χ1v) is 3.16. The molecule has 1 aromatic carbocycles. The lowest BCUT2D eigenvalue weighted by Crippen LogP contribution is -1.99. The van der Waals surface area contributed by atoms with Gasteiger partial charge in [0.25, 0.3) is 0 Å².